The number of esters is 2. The number of carbonyl (C=O) groups excluding carboxylic acids is 2. The van der Waals surface area contributed by atoms with E-state index in [1.54, 1.807) is 0 Å². The first-order valence-corrected chi connectivity index (χ1v) is 6.89. The summed E-state index contributed by atoms with van der Waals surface area (Å²) in [6.45, 7) is 0. The Labute approximate surface area is 144 Å². The van der Waals surface area contributed by atoms with Gasteiger partial charge in [0.2, 0.25) is 0 Å². The van der Waals surface area contributed by atoms with E-state index in [2.05, 4.69) is 9.47 Å². The van der Waals surface area contributed by atoms with Crippen molar-refractivity contribution >= 4 is 22.1 Å². The molecule has 0 aliphatic carbocycles. The molecule has 0 unspecified atom stereocenters. The maximum Gasteiger partial charge on any atom is 1.00 e. The first kappa shape index (κ1) is 20.1. The minimum Gasteiger partial charge on any atom is -0.744 e. The van der Waals surface area contributed by atoms with Gasteiger partial charge in [0.25, 0.3) is 0 Å². The van der Waals surface area contributed by atoms with Gasteiger partial charge in [-0.2, -0.15) is 0 Å². The van der Waals surface area contributed by atoms with Crippen LogP contribution in [0.4, 0.5) is 0 Å². The predicted octanol–water partition coefficient (Wildman–Crippen LogP) is -2.97. The monoisotopic (exact) mass is 324 g/mol. The maximum atomic E-state index is 11.2. The van der Waals surface area contributed by atoms with Gasteiger partial charge >= 0.3 is 41.5 Å². The SMILES string of the molecule is COC(=O)Cc1cc(CC(=O)OC)cc(S(=O)(=O)[O-])c1.[Na+]. The van der Waals surface area contributed by atoms with Gasteiger partial charge in [0, 0.05) is 0 Å². The van der Waals surface area contributed by atoms with E-state index in [0.29, 0.717) is 0 Å². The summed E-state index contributed by atoms with van der Waals surface area (Å²) in [6.07, 6.45) is -0.401. The number of ether oxygens (including phenoxy) is 2. The van der Waals surface area contributed by atoms with Crippen molar-refractivity contribution in [3.05, 3.63) is 29.3 Å². The normalized spacial score (nSPS) is 10.4. The van der Waals surface area contributed by atoms with Crippen molar-refractivity contribution in [3.63, 3.8) is 0 Å². The van der Waals surface area contributed by atoms with Gasteiger partial charge in [0.15, 0.2) is 0 Å². The van der Waals surface area contributed by atoms with Crippen molar-refractivity contribution in [2.45, 2.75) is 17.7 Å². The Morgan fingerprint density at radius 1 is 1.00 bits per heavy atom. The Hall–Kier alpha value is -0.930. The zero-order valence-electron chi connectivity index (χ0n) is 11.9. The van der Waals surface area contributed by atoms with Crippen LogP contribution in [0.2, 0.25) is 0 Å². The molecule has 21 heavy (non-hydrogen) atoms. The third-order valence-electron chi connectivity index (χ3n) is 2.47. The van der Waals surface area contributed by atoms with Crippen molar-refractivity contribution in [3.8, 4) is 0 Å². The van der Waals surface area contributed by atoms with E-state index < -0.39 is 27.0 Å². The van der Waals surface area contributed by atoms with Gasteiger partial charge in [0.1, 0.15) is 10.1 Å². The Bertz CT molecular complexity index is 588. The summed E-state index contributed by atoms with van der Waals surface area (Å²) in [5.74, 6) is -1.18. The third kappa shape index (κ3) is 6.58. The summed E-state index contributed by atoms with van der Waals surface area (Å²) in [7, 11) is -2.31. The number of hydrogen-bond acceptors (Lipinski definition) is 7. The summed E-state index contributed by atoms with van der Waals surface area (Å²) in [6, 6.07) is 3.61. The van der Waals surface area contributed by atoms with Gasteiger partial charge < -0.3 is 14.0 Å². The van der Waals surface area contributed by atoms with Crippen molar-refractivity contribution in [2.24, 2.45) is 0 Å². The molecular weight excluding hydrogens is 311 g/mol. The van der Waals surface area contributed by atoms with Crippen LogP contribution >= 0.6 is 0 Å². The van der Waals surface area contributed by atoms with Crippen LogP contribution in [0, 0.1) is 0 Å². The molecule has 0 spiro atoms. The predicted molar refractivity (Wildman–Crippen MR) is 65.8 cm³/mol. The zero-order chi connectivity index (χ0) is 15.3. The molecule has 0 N–H and O–H groups in total. The molecule has 0 aromatic heterocycles. The van der Waals surface area contributed by atoms with Crippen molar-refractivity contribution in [2.75, 3.05) is 14.2 Å². The van der Waals surface area contributed by atoms with E-state index in [4.69, 9.17) is 0 Å². The van der Waals surface area contributed by atoms with Crippen LogP contribution in [-0.4, -0.2) is 39.1 Å². The van der Waals surface area contributed by atoms with Gasteiger partial charge in [-0.3, -0.25) is 9.59 Å². The second-order valence-electron chi connectivity index (χ2n) is 3.95. The van der Waals surface area contributed by atoms with Gasteiger partial charge in [0.05, 0.1) is 32.0 Å². The fourth-order valence-electron chi connectivity index (χ4n) is 1.55. The second-order valence-corrected chi connectivity index (χ2v) is 5.32. The Morgan fingerprint density at radius 2 is 1.38 bits per heavy atom. The molecule has 7 nitrogen and oxygen atoms in total. The third-order valence-corrected chi connectivity index (χ3v) is 3.28. The van der Waals surface area contributed by atoms with Crippen LogP contribution in [0.3, 0.4) is 0 Å². The smallest absolute Gasteiger partial charge is 0.744 e. The molecule has 0 saturated carbocycles. The summed E-state index contributed by atoms with van der Waals surface area (Å²) < 4.78 is 42.1. The summed E-state index contributed by atoms with van der Waals surface area (Å²) >= 11 is 0. The van der Waals surface area contributed by atoms with E-state index >= 15 is 0 Å². The molecule has 0 amide bonds. The topological polar surface area (TPSA) is 110 Å². The average molecular weight is 324 g/mol. The average Bonchev–Trinajstić information content (AvgIpc) is 2.37. The molecule has 0 saturated heterocycles. The van der Waals surface area contributed by atoms with Gasteiger partial charge in [-0.15, -0.1) is 0 Å². The van der Waals surface area contributed by atoms with E-state index in [9.17, 15) is 22.6 Å². The summed E-state index contributed by atoms with van der Waals surface area (Å²) in [4.78, 5) is 21.9. The first-order chi connectivity index (χ1) is 9.26. The number of methoxy groups -OCH3 is 2. The van der Waals surface area contributed by atoms with Crippen LogP contribution in [0.25, 0.3) is 0 Å². The van der Waals surface area contributed by atoms with Crippen LogP contribution in [0.5, 0.6) is 0 Å². The Kier molecular flexibility index (Phi) is 8.12. The molecule has 9 heteroatoms. The molecular formula is C12H13NaO7S. The van der Waals surface area contributed by atoms with Crippen molar-refractivity contribution in [1.29, 1.82) is 0 Å². The number of hydrogen-bond donors (Lipinski definition) is 0. The molecule has 0 fully saturated rings. The fraction of sp³-hybridized carbons (Fsp3) is 0.333. The minimum absolute atomic E-state index is 0. The number of rotatable bonds is 5. The minimum atomic E-state index is -4.69. The van der Waals surface area contributed by atoms with E-state index in [-0.39, 0.29) is 53.5 Å². The standard InChI is InChI=1S/C12H14O7S.Na/c1-18-11(13)6-8-3-9(7-12(14)19-2)5-10(4-8)20(15,16)17;/h3-5H,6-7H2,1-2H3,(H,15,16,17);/q;+1/p-1. The largest absolute Gasteiger partial charge is 1.00 e. The quantitative estimate of drug-likeness (QED) is 0.323. The molecule has 1 aromatic carbocycles. The fourth-order valence-corrected chi connectivity index (χ4v) is 2.15. The van der Waals surface area contributed by atoms with Crippen LogP contribution < -0.4 is 29.6 Å². The first-order valence-electron chi connectivity index (χ1n) is 5.48. The Morgan fingerprint density at radius 3 is 1.67 bits per heavy atom. The van der Waals surface area contributed by atoms with Gasteiger partial charge in [-0.1, -0.05) is 6.07 Å². The van der Waals surface area contributed by atoms with Gasteiger partial charge in [-0.05, 0) is 23.3 Å². The summed E-state index contributed by atoms with van der Waals surface area (Å²) in [5, 5.41) is 0. The van der Waals surface area contributed by atoms with E-state index in [1.807, 2.05) is 0 Å². The molecule has 0 aliphatic heterocycles. The molecule has 0 bridgehead atoms. The molecule has 0 heterocycles. The van der Waals surface area contributed by atoms with Crippen LogP contribution in [-0.2, 0) is 42.0 Å². The molecule has 0 atom stereocenters. The number of benzene rings is 1. The van der Waals surface area contributed by atoms with Gasteiger partial charge in [-0.25, -0.2) is 8.42 Å². The maximum absolute atomic E-state index is 11.2. The van der Waals surface area contributed by atoms with E-state index in [1.165, 1.54) is 20.3 Å². The molecule has 110 valence electrons. The van der Waals surface area contributed by atoms with Crippen molar-refractivity contribution in [1.82, 2.24) is 0 Å². The summed E-state index contributed by atoms with van der Waals surface area (Å²) in [5.41, 5.74) is 0.542. The Balaban J connectivity index is 0.00000400. The van der Waals surface area contributed by atoms with Crippen molar-refractivity contribution < 1.29 is 61.6 Å². The second kappa shape index (κ2) is 8.50. The molecule has 0 radical (unpaired) electrons. The number of carbonyl (C=O) groups is 2. The molecule has 1 aromatic rings. The molecule has 0 aliphatic rings. The van der Waals surface area contributed by atoms with Crippen LogP contribution in [0.1, 0.15) is 11.1 Å². The van der Waals surface area contributed by atoms with E-state index in [0.717, 1.165) is 12.1 Å². The van der Waals surface area contributed by atoms with Crippen LogP contribution in [0.15, 0.2) is 23.1 Å². The molecule has 1 rings (SSSR count). The zero-order valence-corrected chi connectivity index (χ0v) is 14.7.